The van der Waals surface area contributed by atoms with Crippen LogP contribution in [0.15, 0.2) is 4.99 Å². The molecule has 6 nitrogen and oxygen atoms in total. The van der Waals surface area contributed by atoms with Crippen molar-refractivity contribution in [1.29, 1.82) is 0 Å². The van der Waals surface area contributed by atoms with Crippen molar-refractivity contribution >= 4 is 29.9 Å². The Morgan fingerprint density at radius 2 is 2.16 bits per heavy atom. The molecular weight excluding hydrogens is 376 g/mol. The van der Waals surface area contributed by atoms with Crippen LogP contribution in [-0.4, -0.2) is 34.2 Å². The number of nitrogens with zero attached hydrogens (tertiary/aromatic N) is 3. The van der Waals surface area contributed by atoms with Gasteiger partial charge in [0.05, 0.1) is 6.54 Å². The van der Waals surface area contributed by atoms with E-state index in [1.54, 1.807) is 7.05 Å². The number of aromatic amines is 1. The molecule has 0 atom stereocenters. The first kappa shape index (κ1) is 16.0. The fraction of sp³-hybridized carbons (Fsp3) is 0.667. The van der Waals surface area contributed by atoms with E-state index in [2.05, 4.69) is 30.8 Å². The molecule has 1 saturated carbocycles. The lowest BCUT2D eigenvalue weighted by Crippen LogP contribution is -2.38. The van der Waals surface area contributed by atoms with Crippen LogP contribution in [-0.2, 0) is 12.7 Å². The molecule has 0 aliphatic heterocycles. The van der Waals surface area contributed by atoms with E-state index in [0.717, 1.165) is 12.8 Å². The average molecular weight is 390 g/mol. The van der Waals surface area contributed by atoms with Crippen molar-refractivity contribution in [3.05, 3.63) is 11.6 Å². The summed E-state index contributed by atoms with van der Waals surface area (Å²) in [5.74, 6) is -0.507. The largest absolute Gasteiger partial charge is 0.453 e. The highest BCUT2D eigenvalue weighted by Crippen LogP contribution is 2.25. The second kappa shape index (κ2) is 6.39. The standard InChI is InChI=1S/C9H13F3N6.HI/c1-13-8(15-5-2-3-5)14-4-6-16-7(18-17-6)9(10,11)12;/h5H,2-4H2,1H3,(H2,13,14,15)(H,16,17,18);1H. The number of nitrogens with one attached hydrogen (secondary N) is 3. The maximum Gasteiger partial charge on any atom is 0.453 e. The molecule has 1 heterocycles. The highest BCUT2D eigenvalue weighted by Gasteiger charge is 2.36. The van der Waals surface area contributed by atoms with E-state index in [0.29, 0.717) is 12.0 Å². The predicted molar refractivity (Wildman–Crippen MR) is 73.2 cm³/mol. The normalized spacial score (nSPS) is 15.9. The molecular formula is C9H14F3IN6. The second-order valence-electron chi connectivity index (χ2n) is 3.95. The molecule has 0 unspecified atom stereocenters. The van der Waals surface area contributed by atoms with Gasteiger partial charge in [-0.05, 0) is 12.8 Å². The van der Waals surface area contributed by atoms with Gasteiger partial charge in [-0.3, -0.25) is 10.1 Å². The number of alkyl halides is 3. The smallest absolute Gasteiger partial charge is 0.354 e. The second-order valence-corrected chi connectivity index (χ2v) is 3.95. The molecule has 1 fully saturated rings. The lowest BCUT2D eigenvalue weighted by Gasteiger charge is -2.09. The Kier molecular flexibility index (Phi) is 5.38. The van der Waals surface area contributed by atoms with Gasteiger partial charge < -0.3 is 10.6 Å². The summed E-state index contributed by atoms with van der Waals surface area (Å²) in [6, 6.07) is 0.414. The number of H-pyrrole nitrogens is 1. The Morgan fingerprint density at radius 3 is 2.63 bits per heavy atom. The average Bonchev–Trinajstić information content (AvgIpc) is 2.97. The summed E-state index contributed by atoms with van der Waals surface area (Å²) in [6.45, 7) is 0.107. The fourth-order valence-corrected chi connectivity index (χ4v) is 1.28. The van der Waals surface area contributed by atoms with Crippen LogP contribution >= 0.6 is 24.0 Å². The third-order valence-corrected chi connectivity index (χ3v) is 2.35. The number of rotatable bonds is 3. The number of hydrogen-bond donors (Lipinski definition) is 3. The molecule has 0 aromatic carbocycles. The Morgan fingerprint density at radius 1 is 1.47 bits per heavy atom. The third-order valence-electron chi connectivity index (χ3n) is 2.35. The summed E-state index contributed by atoms with van der Waals surface area (Å²) in [5, 5.41) is 11.3. The van der Waals surface area contributed by atoms with Crippen LogP contribution in [0.1, 0.15) is 24.5 Å². The highest BCUT2D eigenvalue weighted by atomic mass is 127. The molecule has 1 aromatic heterocycles. The first-order valence-corrected chi connectivity index (χ1v) is 5.44. The summed E-state index contributed by atoms with van der Waals surface area (Å²) < 4.78 is 36.7. The molecule has 1 aliphatic rings. The molecule has 19 heavy (non-hydrogen) atoms. The van der Waals surface area contributed by atoms with Gasteiger partial charge >= 0.3 is 6.18 Å². The molecule has 1 aromatic rings. The van der Waals surface area contributed by atoms with E-state index in [1.807, 2.05) is 0 Å². The summed E-state index contributed by atoms with van der Waals surface area (Å²) >= 11 is 0. The van der Waals surface area contributed by atoms with Crippen LogP contribution < -0.4 is 10.6 Å². The lowest BCUT2D eigenvalue weighted by atomic mass is 10.5. The number of halogens is 4. The minimum absolute atomic E-state index is 0. The van der Waals surface area contributed by atoms with Crippen LogP contribution in [0.25, 0.3) is 0 Å². The zero-order chi connectivity index (χ0) is 13.2. The van der Waals surface area contributed by atoms with Gasteiger partial charge in [-0.1, -0.05) is 0 Å². The molecule has 0 saturated heterocycles. The van der Waals surface area contributed by atoms with Crippen molar-refractivity contribution in [2.45, 2.75) is 31.6 Å². The Bertz CT molecular complexity index is 439. The molecule has 108 valence electrons. The van der Waals surface area contributed by atoms with Crippen LogP contribution in [0.5, 0.6) is 0 Å². The minimum Gasteiger partial charge on any atom is -0.354 e. The lowest BCUT2D eigenvalue weighted by molar-refractivity contribution is -0.144. The topological polar surface area (TPSA) is 78.0 Å². The SMILES string of the molecule is CN=C(NCc1nc(C(F)(F)F)n[nH]1)NC1CC1.I. The van der Waals surface area contributed by atoms with Gasteiger partial charge in [-0.2, -0.15) is 13.2 Å². The quantitative estimate of drug-likeness (QED) is 0.413. The zero-order valence-electron chi connectivity index (χ0n) is 10.1. The van der Waals surface area contributed by atoms with Crippen molar-refractivity contribution in [1.82, 2.24) is 25.8 Å². The molecule has 0 radical (unpaired) electrons. The Labute approximate surface area is 124 Å². The first-order valence-electron chi connectivity index (χ1n) is 5.44. The van der Waals surface area contributed by atoms with Gasteiger partial charge in [0.25, 0.3) is 5.82 Å². The van der Waals surface area contributed by atoms with Crippen LogP contribution in [0.4, 0.5) is 13.2 Å². The third kappa shape index (κ3) is 4.84. The molecule has 0 bridgehead atoms. The van der Waals surface area contributed by atoms with Gasteiger partial charge in [0.15, 0.2) is 5.96 Å². The van der Waals surface area contributed by atoms with Gasteiger partial charge in [0, 0.05) is 13.1 Å². The maximum atomic E-state index is 12.2. The molecule has 2 rings (SSSR count). The summed E-state index contributed by atoms with van der Waals surface area (Å²) in [5.41, 5.74) is 0. The monoisotopic (exact) mass is 390 g/mol. The van der Waals surface area contributed by atoms with E-state index in [4.69, 9.17) is 0 Å². The highest BCUT2D eigenvalue weighted by molar-refractivity contribution is 14.0. The molecule has 0 spiro atoms. The van der Waals surface area contributed by atoms with Crippen molar-refractivity contribution in [3.63, 3.8) is 0 Å². The number of guanidine groups is 1. The summed E-state index contributed by atoms with van der Waals surface area (Å²) in [4.78, 5) is 7.29. The van der Waals surface area contributed by atoms with Gasteiger partial charge in [0.2, 0.25) is 0 Å². The van der Waals surface area contributed by atoms with Crippen LogP contribution in [0, 0.1) is 0 Å². The minimum atomic E-state index is -4.53. The van der Waals surface area contributed by atoms with E-state index in [1.165, 1.54) is 0 Å². The summed E-state index contributed by atoms with van der Waals surface area (Å²) in [7, 11) is 1.60. The van der Waals surface area contributed by atoms with Crippen molar-refractivity contribution in [2.75, 3.05) is 7.05 Å². The number of aliphatic imine (C=N–C) groups is 1. The van der Waals surface area contributed by atoms with Crippen molar-refractivity contribution in [3.8, 4) is 0 Å². The molecule has 3 N–H and O–H groups in total. The Hall–Kier alpha value is -1.07. The Balaban J connectivity index is 0.00000180. The maximum absolute atomic E-state index is 12.2. The van der Waals surface area contributed by atoms with E-state index >= 15 is 0 Å². The molecule has 10 heteroatoms. The van der Waals surface area contributed by atoms with Gasteiger partial charge in [0.1, 0.15) is 5.82 Å². The summed E-state index contributed by atoms with van der Waals surface area (Å²) in [6.07, 6.45) is -2.36. The fourth-order valence-electron chi connectivity index (χ4n) is 1.28. The van der Waals surface area contributed by atoms with Crippen LogP contribution in [0.2, 0.25) is 0 Å². The van der Waals surface area contributed by atoms with E-state index in [9.17, 15) is 13.2 Å². The van der Waals surface area contributed by atoms with Gasteiger partial charge in [-0.25, -0.2) is 4.98 Å². The number of hydrogen-bond acceptors (Lipinski definition) is 3. The van der Waals surface area contributed by atoms with Crippen molar-refractivity contribution < 1.29 is 13.2 Å². The molecule has 1 aliphatic carbocycles. The van der Waals surface area contributed by atoms with Crippen LogP contribution in [0.3, 0.4) is 0 Å². The molecule has 0 amide bonds. The number of aromatic nitrogens is 3. The zero-order valence-corrected chi connectivity index (χ0v) is 12.4. The first-order chi connectivity index (χ1) is 8.49. The van der Waals surface area contributed by atoms with E-state index < -0.39 is 12.0 Å². The van der Waals surface area contributed by atoms with Crippen molar-refractivity contribution in [2.24, 2.45) is 4.99 Å². The predicted octanol–water partition coefficient (Wildman–Crippen LogP) is 1.27. The van der Waals surface area contributed by atoms with Gasteiger partial charge in [-0.15, -0.1) is 29.1 Å². The van der Waals surface area contributed by atoms with E-state index in [-0.39, 0.29) is 36.3 Å².